The number of nitrogens with zero attached hydrogens (tertiary/aromatic N) is 1. The summed E-state index contributed by atoms with van der Waals surface area (Å²) in [5, 5.41) is 9.99. The molecule has 1 fully saturated rings. The molecule has 2 heterocycles. The number of rotatable bonds is 1. The Balaban J connectivity index is 2.05. The smallest absolute Gasteiger partial charge is 0.263 e. The van der Waals surface area contributed by atoms with Gasteiger partial charge in [-0.2, -0.15) is 0 Å². The molecule has 3 nitrogen and oxygen atoms in total. The fraction of sp³-hybridized carbons (Fsp3) is 0.583. The van der Waals surface area contributed by atoms with Crippen molar-refractivity contribution in [3.05, 3.63) is 20.8 Å². The predicted octanol–water partition coefficient (Wildman–Crippen LogP) is 2.89. The molecular formula is C12H16BrNO2S. The van der Waals surface area contributed by atoms with Gasteiger partial charge in [0.05, 0.1) is 14.3 Å². The first-order chi connectivity index (χ1) is 7.98. The van der Waals surface area contributed by atoms with Crippen LogP contribution in [0.3, 0.4) is 0 Å². The second-order valence-corrected chi connectivity index (χ2v) is 7.21. The summed E-state index contributed by atoms with van der Waals surface area (Å²) in [6.07, 6.45) is 2.29. The first-order valence-electron chi connectivity index (χ1n) is 5.75. The van der Waals surface area contributed by atoms with E-state index in [1.54, 1.807) is 0 Å². The number of hydrogen-bond acceptors (Lipinski definition) is 3. The largest absolute Gasteiger partial charge is 0.390 e. The van der Waals surface area contributed by atoms with Gasteiger partial charge in [-0.05, 0) is 54.2 Å². The molecule has 17 heavy (non-hydrogen) atoms. The molecule has 5 heteroatoms. The lowest BCUT2D eigenvalue weighted by molar-refractivity contribution is 0.0438. The molecule has 0 bridgehead atoms. The number of aliphatic hydroxyl groups is 1. The minimum absolute atomic E-state index is 0.0819. The number of carbonyl (C=O) groups is 1. The molecule has 0 aromatic carbocycles. The Morgan fingerprint density at radius 1 is 1.47 bits per heavy atom. The third-order valence-electron chi connectivity index (χ3n) is 3.13. The van der Waals surface area contributed by atoms with E-state index in [1.165, 1.54) is 11.3 Å². The second kappa shape index (κ2) is 5.08. The van der Waals surface area contributed by atoms with Crippen molar-refractivity contribution in [2.75, 3.05) is 13.1 Å². The van der Waals surface area contributed by atoms with Crippen LogP contribution in [0.1, 0.15) is 35.9 Å². The maximum absolute atomic E-state index is 12.2. The van der Waals surface area contributed by atoms with E-state index in [-0.39, 0.29) is 5.91 Å². The minimum Gasteiger partial charge on any atom is -0.390 e. The van der Waals surface area contributed by atoms with Crippen molar-refractivity contribution in [2.45, 2.75) is 31.8 Å². The lowest BCUT2D eigenvalue weighted by Gasteiger charge is -2.22. The van der Waals surface area contributed by atoms with Gasteiger partial charge in [-0.15, -0.1) is 11.3 Å². The molecule has 1 atom stereocenters. The molecule has 0 radical (unpaired) electrons. The number of carbonyl (C=O) groups excluding carboxylic acids is 1. The van der Waals surface area contributed by atoms with E-state index in [0.717, 1.165) is 28.0 Å². The maximum atomic E-state index is 12.2. The molecule has 1 saturated heterocycles. The highest BCUT2D eigenvalue weighted by atomic mass is 79.9. The van der Waals surface area contributed by atoms with Crippen LogP contribution in [0.25, 0.3) is 0 Å². The highest BCUT2D eigenvalue weighted by Crippen LogP contribution is 2.26. The van der Waals surface area contributed by atoms with E-state index in [4.69, 9.17) is 0 Å². The molecule has 0 aliphatic carbocycles. The zero-order valence-corrected chi connectivity index (χ0v) is 12.2. The monoisotopic (exact) mass is 317 g/mol. The highest BCUT2D eigenvalue weighted by molar-refractivity contribution is 9.11. The first kappa shape index (κ1) is 13.1. The van der Waals surface area contributed by atoms with Crippen LogP contribution in [-0.2, 0) is 0 Å². The Hall–Kier alpha value is -0.390. The van der Waals surface area contributed by atoms with Gasteiger partial charge in [0.1, 0.15) is 0 Å². The number of amides is 1. The van der Waals surface area contributed by atoms with Crippen LogP contribution >= 0.6 is 27.3 Å². The highest BCUT2D eigenvalue weighted by Gasteiger charge is 2.27. The van der Waals surface area contributed by atoms with Crippen molar-refractivity contribution < 1.29 is 9.90 Å². The summed E-state index contributed by atoms with van der Waals surface area (Å²) >= 11 is 4.82. The van der Waals surface area contributed by atoms with E-state index in [2.05, 4.69) is 15.9 Å². The predicted molar refractivity (Wildman–Crippen MR) is 72.4 cm³/mol. The van der Waals surface area contributed by atoms with Gasteiger partial charge in [-0.3, -0.25) is 4.79 Å². The lowest BCUT2D eigenvalue weighted by atomic mass is 9.98. The number of halogens is 1. The molecule has 2 rings (SSSR count). The summed E-state index contributed by atoms with van der Waals surface area (Å²) in [5.41, 5.74) is -0.620. The summed E-state index contributed by atoms with van der Waals surface area (Å²) in [7, 11) is 0. The fourth-order valence-electron chi connectivity index (χ4n) is 2.05. The molecule has 1 aromatic heterocycles. The standard InChI is InChI=1S/C12H16BrNO2S/c1-12(16)5-2-7-14(8-6-12)11(15)9-3-4-10(13)17-9/h3-4,16H,2,5-8H2,1H3. The Bertz CT molecular complexity index is 416. The summed E-state index contributed by atoms with van der Waals surface area (Å²) in [6, 6.07) is 3.74. The normalized spacial score (nSPS) is 25.7. The van der Waals surface area contributed by atoms with E-state index >= 15 is 0 Å². The third kappa shape index (κ3) is 3.30. The number of likely N-dealkylation sites (tertiary alicyclic amines) is 1. The van der Waals surface area contributed by atoms with Crippen LogP contribution in [0.5, 0.6) is 0 Å². The first-order valence-corrected chi connectivity index (χ1v) is 7.36. The van der Waals surface area contributed by atoms with Crippen LogP contribution in [0.4, 0.5) is 0 Å². The van der Waals surface area contributed by atoms with Gasteiger partial charge in [-0.1, -0.05) is 0 Å². The van der Waals surface area contributed by atoms with Crippen molar-refractivity contribution in [1.29, 1.82) is 0 Å². The Labute approximate surface area is 114 Å². The van der Waals surface area contributed by atoms with Crippen LogP contribution in [0, 0.1) is 0 Å². The average molecular weight is 318 g/mol. The zero-order valence-electron chi connectivity index (χ0n) is 9.78. The number of thiophene rings is 1. The van der Waals surface area contributed by atoms with Crippen LogP contribution < -0.4 is 0 Å². The molecule has 1 aromatic rings. The van der Waals surface area contributed by atoms with Gasteiger partial charge in [0.25, 0.3) is 5.91 Å². The van der Waals surface area contributed by atoms with Gasteiger partial charge >= 0.3 is 0 Å². The molecule has 1 amide bonds. The molecule has 1 aliphatic rings. The molecule has 94 valence electrons. The van der Waals surface area contributed by atoms with Gasteiger partial charge in [-0.25, -0.2) is 0 Å². The summed E-state index contributed by atoms with van der Waals surface area (Å²) < 4.78 is 0.975. The van der Waals surface area contributed by atoms with E-state index in [1.807, 2.05) is 24.0 Å². The molecular weight excluding hydrogens is 302 g/mol. The fourth-order valence-corrected chi connectivity index (χ4v) is 3.41. The zero-order chi connectivity index (χ0) is 12.5. The van der Waals surface area contributed by atoms with Gasteiger partial charge in [0.15, 0.2) is 0 Å². The molecule has 1 aliphatic heterocycles. The van der Waals surface area contributed by atoms with Gasteiger partial charge in [0.2, 0.25) is 0 Å². The maximum Gasteiger partial charge on any atom is 0.263 e. The quantitative estimate of drug-likeness (QED) is 0.865. The van der Waals surface area contributed by atoms with Crippen LogP contribution in [0.15, 0.2) is 15.9 Å². The Morgan fingerprint density at radius 2 is 2.24 bits per heavy atom. The lowest BCUT2D eigenvalue weighted by Crippen LogP contribution is -2.33. The van der Waals surface area contributed by atoms with Crippen molar-refractivity contribution in [3.8, 4) is 0 Å². The topological polar surface area (TPSA) is 40.5 Å². The average Bonchev–Trinajstić information content (AvgIpc) is 2.60. The van der Waals surface area contributed by atoms with Crippen LogP contribution in [0.2, 0.25) is 0 Å². The van der Waals surface area contributed by atoms with E-state index in [9.17, 15) is 9.90 Å². The Kier molecular flexibility index (Phi) is 3.90. The van der Waals surface area contributed by atoms with Crippen molar-refractivity contribution in [2.24, 2.45) is 0 Å². The second-order valence-electron chi connectivity index (χ2n) is 4.75. The van der Waals surface area contributed by atoms with Crippen molar-refractivity contribution in [3.63, 3.8) is 0 Å². The molecule has 0 saturated carbocycles. The van der Waals surface area contributed by atoms with Crippen molar-refractivity contribution in [1.82, 2.24) is 4.90 Å². The molecule has 0 spiro atoms. The summed E-state index contributed by atoms with van der Waals surface area (Å²) in [6.45, 7) is 3.23. The van der Waals surface area contributed by atoms with Crippen LogP contribution in [-0.4, -0.2) is 34.6 Å². The Morgan fingerprint density at radius 3 is 2.88 bits per heavy atom. The van der Waals surface area contributed by atoms with E-state index < -0.39 is 5.60 Å². The van der Waals surface area contributed by atoms with Gasteiger partial charge in [0, 0.05) is 13.1 Å². The molecule has 1 unspecified atom stereocenters. The third-order valence-corrected chi connectivity index (χ3v) is 4.75. The number of hydrogen-bond donors (Lipinski definition) is 1. The van der Waals surface area contributed by atoms with Crippen molar-refractivity contribution >= 4 is 33.2 Å². The minimum atomic E-state index is -0.620. The SMILES string of the molecule is CC1(O)CCCN(C(=O)c2ccc(Br)s2)CC1. The summed E-state index contributed by atoms with van der Waals surface area (Å²) in [5.74, 6) is 0.0819. The van der Waals surface area contributed by atoms with Gasteiger partial charge < -0.3 is 10.0 Å². The molecule has 1 N–H and O–H groups in total. The summed E-state index contributed by atoms with van der Waals surface area (Å²) in [4.78, 5) is 14.8. The van der Waals surface area contributed by atoms with E-state index in [0.29, 0.717) is 13.0 Å².